The molecule has 0 saturated carbocycles. The second kappa shape index (κ2) is 7.54. The summed E-state index contributed by atoms with van der Waals surface area (Å²) >= 11 is 0. The van der Waals surface area contributed by atoms with Gasteiger partial charge in [-0.1, -0.05) is 30.3 Å². The molecule has 0 aromatic heterocycles. The zero-order valence-electron chi connectivity index (χ0n) is 13.7. The summed E-state index contributed by atoms with van der Waals surface area (Å²) in [5, 5.41) is 2.24. The van der Waals surface area contributed by atoms with Crippen molar-refractivity contribution in [3.05, 3.63) is 47.7 Å². The van der Waals surface area contributed by atoms with Crippen LogP contribution in [-0.2, 0) is 14.4 Å². The first-order chi connectivity index (χ1) is 11.5. The molecule has 1 unspecified atom stereocenters. The van der Waals surface area contributed by atoms with Gasteiger partial charge >= 0.3 is 0 Å². The molecule has 1 aromatic carbocycles. The van der Waals surface area contributed by atoms with Crippen molar-refractivity contribution in [2.24, 2.45) is 10.7 Å². The van der Waals surface area contributed by atoms with Crippen LogP contribution in [0.15, 0.2) is 47.1 Å². The normalized spacial score (nSPS) is 19.0. The zero-order chi connectivity index (χ0) is 17.7. The van der Waals surface area contributed by atoms with E-state index in [4.69, 9.17) is 5.73 Å². The van der Waals surface area contributed by atoms with Crippen LogP contribution >= 0.6 is 0 Å². The zero-order valence-corrected chi connectivity index (χ0v) is 13.7. The van der Waals surface area contributed by atoms with Gasteiger partial charge in [-0.3, -0.25) is 24.7 Å². The number of nitrogens with two attached hydrogens (primary N) is 1. The molecule has 1 aliphatic rings. The van der Waals surface area contributed by atoms with Gasteiger partial charge in [-0.05, 0) is 6.42 Å². The second-order valence-corrected chi connectivity index (χ2v) is 5.40. The number of rotatable bonds is 4. The van der Waals surface area contributed by atoms with E-state index in [2.05, 4.69) is 10.3 Å². The average molecular weight is 328 g/mol. The van der Waals surface area contributed by atoms with Crippen molar-refractivity contribution in [2.75, 3.05) is 14.1 Å². The SMILES string of the molecule is CN=C(/C(=C/N)C(=O)N(C)C1CCC(=O)NC1=O)c1ccccc1. The highest BCUT2D eigenvalue weighted by Gasteiger charge is 2.34. The minimum absolute atomic E-state index is 0.198. The van der Waals surface area contributed by atoms with E-state index in [1.807, 2.05) is 30.3 Å². The molecule has 1 saturated heterocycles. The highest BCUT2D eigenvalue weighted by atomic mass is 16.2. The van der Waals surface area contributed by atoms with Crippen LogP contribution in [-0.4, -0.2) is 48.5 Å². The maximum absolute atomic E-state index is 12.8. The molecule has 7 heteroatoms. The molecule has 126 valence electrons. The van der Waals surface area contributed by atoms with Gasteiger partial charge in [0.1, 0.15) is 6.04 Å². The smallest absolute Gasteiger partial charge is 0.257 e. The number of hydrogen-bond acceptors (Lipinski definition) is 5. The molecule has 3 N–H and O–H groups in total. The van der Waals surface area contributed by atoms with Crippen LogP contribution < -0.4 is 11.1 Å². The summed E-state index contributed by atoms with van der Waals surface area (Å²) in [6.45, 7) is 0. The van der Waals surface area contributed by atoms with Gasteiger partial charge in [0, 0.05) is 32.3 Å². The largest absolute Gasteiger partial charge is 0.404 e. The molecule has 0 spiro atoms. The molecule has 1 fully saturated rings. The first-order valence-electron chi connectivity index (χ1n) is 7.55. The highest BCUT2D eigenvalue weighted by Crippen LogP contribution is 2.16. The maximum atomic E-state index is 12.8. The third kappa shape index (κ3) is 3.51. The molecule has 0 radical (unpaired) electrons. The van der Waals surface area contributed by atoms with Gasteiger partial charge in [-0.25, -0.2) is 0 Å². The number of hydrogen-bond donors (Lipinski definition) is 2. The number of imide groups is 1. The Labute approximate surface area is 140 Å². The van der Waals surface area contributed by atoms with E-state index in [1.165, 1.54) is 18.1 Å². The fraction of sp³-hybridized carbons (Fsp3) is 0.294. The van der Waals surface area contributed by atoms with Gasteiger partial charge in [0.2, 0.25) is 11.8 Å². The third-order valence-corrected chi connectivity index (χ3v) is 3.92. The van der Waals surface area contributed by atoms with Crippen LogP contribution in [0.25, 0.3) is 0 Å². The second-order valence-electron chi connectivity index (χ2n) is 5.40. The first kappa shape index (κ1) is 17.4. The average Bonchev–Trinajstić information content (AvgIpc) is 2.59. The van der Waals surface area contributed by atoms with Crippen molar-refractivity contribution < 1.29 is 14.4 Å². The summed E-state index contributed by atoms with van der Waals surface area (Å²) in [5.74, 6) is -1.23. The van der Waals surface area contributed by atoms with Crippen LogP contribution in [0, 0.1) is 0 Å². The molecule has 0 aliphatic carbocycles. The maximum Gasteiger partial charge on any atom is 0.257 e. The van der Waals surface area contributed by atoms with Crippen LogP contribution in [0.3, 0.4) is 0 Å². The van der Waals surface area contributed by atoms with Crippen LogP contribution in [0.2, 0.25) is 0 Å². The Balaban J connectivity index is 2.25. The summed E-state index contributed by atoms with van der Waals surface area (Å²) < 4.78 is 0. The van der Waals surface area contributed by atoms with Crippen molar-refractivity contribution in [3.8, 4) is 0 Å². The number of benzene rings is 1. The summed E-state index contributed by atoms with van der Waals surface area (Å²) in [5.41, 5.74) is 7.07. The first-order valence-corrected chi connectivity index (χ1v) is 7.55. The highest BCUT2D eigenvalue weighted by molar-refractivity contribution is 6.28. The topological polar surface area (TPSA) is 105 Å². The Morgan fingerprint density at radius 2 is 2.00 bits per heavy atom. The molecule has 0 bridgehead atoms. The van der Waals surface area contributed by atoms with Crippen molar-refractivity contribution in [2.45, 2.75) is 18.9 Å². The van der Waals surface area contributed by atoms with Crippen LogP contribution in [0.5, 0.6) is 0 Å². The lowest BCUT2D eigenvalue weighted by Gasteiger charge is -2.30. The number of nitrogens with one attached hydrogen (secondary N) is 1. The van der Waals surface area contributed by atoms with Crippen molar-refractivity contribution in [1.82, 2.24) is 10.2 Å². The number of piperidine rings is 1. The predicted molar refractivity (Wildman–Crippen MR) is 90.1 cm³/mol. The van der Waals surface area contributed by atoms with E-state index in [9.17, 15) is 14.4 Å². The molecule has 1 heterocycles. The molecule has 1 aliphatic heterocycles. The number of likely N-dealkylation sites (N-methyl/N-ethyl adjacent to an activating group) is 1. The molecular weight excluding hydrogens is 308 g/mol. The summed E-state index contributed by atoms with van der Waals surface area (Å²) in [6, 6.07) is 8.47. The standard InChI is InChI=1S/C17H20N4O3/c1-19-15(11-6-4-3-5-7-11)12(10-18)17(24)21(2)13-8-9-14(22)20-16(13)23/h3-7,10,13H,8-9,18H2,1-2H3,(H,20,22,23)/b12-10-,19-15?. The van der Waals surface area contributed by atoms with Gasteiger partial charge in [-0.15, -0.1) is 0 Å². The van der Waals surface area contributed by atoms with Crippen molar-refractivity contribution >= 4 is 23.4 Å². The Morgan fingerprint density at radius 1 is 1.33 bits per heavy atom. The van der Waals surface area contributed by atoms with Crippen LogP contribution in [0.1, 0.15) is 18.4 Å². The number of carbonyl (C=O) groups excluding carboxylic acids is 3. The lowest BCUT2D eigenvalue weighted by Crippen LogP contribution is -2.53. The Bertz CT molecular complexity index is 710. The van der Waals surface area contributed by atoms with Gasteiger partial charge < -0.3 is 10.6 Å². The fourth-order valence-electron chi connectivity index (χ4n) is 2.64. The predicted octanol–water partition coefficient (Wildman–Crippen LogP) is 0.212. The molecule has 2 rings (SSSR count). The van der Waals surface area contributed by atoms with Crippen molar-refractivity contribution in [3.63, 3.8) is 0 Å². The lowest BCUT2D eigenvalue weighted by molar-refractivity contribution is -0.142. The quantitative estimate of drug-likeness (QED) is 0.468. The molecule has 3 amide bonds. The van der Waals surface area contributed by atoms with Gasteiger partial charge in [0.05, 0.1) is 11.3 Å². The van der Waals surface area contributed by atoms with Crippen molar-refractivity contribution in [1.29, 1.82) is 0 Å². The Morgan fingerprint density at radius 3 is 2.54 bits per heavy atom. The third-order valence-electron chi connectivity index (χ3n) is 3.92. The van der Waals surface area contributed by atoms with Gasteiger partial charge in [0.25, 0.3) is 5.91 Å². The monoisotopic (exact) mass is 328 g/mol. The van der Waals surface area contributed by atoms with E-state index < -0.39 is 17.9 Å². The molecule has 1 aromatic rings. The van der Waals surface area contributed by atoms with E-state index in [0.29, 0.717) is 5.71 Å². The summed E-state index contributed by atoms with van der Waals surface area (Å²) in [4.78, 5) is 41.5. The number of amides is 3. The molecule has 1 atom stereocenters. The number of aliphatic imine (C=N–C) groups is 1. The van der Waals surface area contributed by atoms with Gasteiger partial charge in [-0.2, -0.15) is 0 Å². The molecular formula is C17H20N4O3. The van der Waals surface area contributed by atoms with E-state index in [1.54, 1.807) is 7.05 Å². The van der Waals surface area contributed by atoms with E-state index in [-0.39, 0.29) is 24.3 Å². The Hall–Kier alpha value is -2.96. The van der Waals surface area contributed by atoms with E-state index >= 15 is 0 Å². The summed E-state index contributed by atoms with van der Waals surface area (Å²) in [6.07, 6.45) is 1.68. The lowest BCUT2D eigenvalue weighted by atomic mass is 9.99. The molecule has 7 nitrogen and oxygen atoms in total. The summed E-state index contributed by atoms with van der Waals surface area (Å²) in [7, 11) is 3.09. The molecule has 24 heavy (non-hydrogen) atoms. The number of carbonyl (C=O) groups is 3. The fourth-order valence-corrected chi connectivity index (χ4v) is 2.64. The van der Waals surface area contributed by atoms with E-state index in [0.717, 1.165) is 5.56 Å². The number of nitrogens with zero attached hydrogens (tertiary/aromatic N) is 2. The Kier molecular flexibility index (Phi) is 5.47. The minimum atomic E-state index is -0.709. The van der Waals surface area contributed by atoms with Crippen LogP contribution in [0.4, 0.5) is 0 Å². The van der Waals surface area contributed by atoms with Gasteiger partial charge in [0.15, 0.2) is 0 Å². The minimum Gasteiger partial charge on any atom is -0.404 e.